The lowest BCUT2D eigenvalue weighted by atomic mass is 10.0. The summed E-state index contributed by atoms with van der Waals surface area (Å²) in [4.78, 5) is 37.9. The van der Waals surface area contributed by atoms with Crippen molar-refractivity contribution in [3.8, 4) is 0 Å². The Morgan fingerprint density at radius 3 is 2.56 bits per heavy atom. The van der Waals surface area contributed by atoms with Gasteiger partial charge < -0.3 is 5.11 Å². The van der Waals surface area contributed by atoms with Crippen molar-refractivity contribution < 1.29 is 19.5 Å². The van der Waals surface area contributed by atoms with Gasteiger partial charge in [-0.2, -0.15) is 0 Å². The lowest BCUT2D eigenvalue weighted by Gasteiger charge is -2.27. The molecule has 2 saturated heterocycles. The molecule has 0 aromatic rings. The van der Waals surface area contributed by atoms with Gasteiger partial charge >= 0.3 is 5.97 Å². The molecule has 0 aliphatic carbocycles. The number of likely N-dealkylation sites (N-methyl/N-ethyl adjacent to an activating group) is 1. The number of carboxylic acids is 1. The topological polar surface area (TPSA) is 77.9 Å². The van der Waals surface area contributed by atoms with Gasteiger partial charge in [-0.1, -0.05) is 0 Å². The van der Waals surface area contributed by atoms with E-state index in [4.69, 9.17) is 5.11 Å². The number of hydrogen-bond donors (Lipinski definition) is 1. The zero-order valence-corrected chi connectivity index (χ0v) is 10.6. The van der Waals surface area contributed by atoms with Crippen molar-refractivity contribution in [2.45, 2.75) is 38.8 Å². The van der Waals surface area contributed by atoms with Crippen molar-refractivity contribution in [1.29, 1.82) is 0 Å². The number of rotatable bonds is 3. The first-order valence-corrected chi connectivity index (χ1v) is 6.30. The minimum absolute atomic E-state index is 0.154. The summed E-state index contributed by atoms with van der Waals surface area (Å²) >= 11 is 0. The first-order chi connectivity index (χ1) is 8.47. The fourth-order valence-electron chi connectivity index (χ4n) is 2.99. The second-order valence-electron chi connectivity index (χ2n) is 4.91. The van der Waals surface area contributed by atoms with E-state index in [0.29, 0.717) is 19.5 Å². The molecule has 2 heterocycles. The fraction of sp³-hybridized carbons (Fsp3) is 0.750. The molecule has 1 N–H and O–H groups in total. The van der Waals surface area contributed by atoms with E-state index >= 15 is 0 Å². The van der Waals surface area contributed by atoms with Crippen molar-refractivity contribution in [2.24, 2.45) is 5.92 Å². The van der Waals surface area contributed by atoms with E-state index in [1.807, 2.05) is 11.8 Å². The third-order valence-electron chi connectivity index (χ3n) is 4.06. The van der Waals surface area contributed by atoms with Gasteiger partial charge in [-0.3, -0.25) is 24.2 Å². The molecular weight excluding hydrogens is 236 g/mol. The van der Waals surface area contributed by atoms with Crippen LogP contribution in [0.1, 0.15) is 26.7 Å². The highest BCUT2D eigenvalue weighted by atomic mass is 16.4. The van der Waals surface area contributed by atoms with E-state index < -0.39 is 17.9 Å². The largest absolute Gasteiger partial charge is 0.481 e. The molecule has 2 amide bonds. The van der Waals surface area contributed by atoms with Crippen LogP contribution in [0, 0.1) is 5.92 Å². The number of imide groups is 1. The Morgan fingerprint density at radius 2 is 2.11 bits per heavy atom. The third-order valence-corrected chi connectivity index (χ3v) is 4.06. The van der Waals surface area contributed by atoms with Crippen molar-refractivity contribution >= 4 is 17.8 Å². The maximum Gasteiger partial charge on any atom is 0.308 e. The van der Waals surface area contributed by atoms with E-state index in [-0.39, 0.29) is 24.3 Å². The second-order valence-corrected chi connectivity index (χ2v) is 4.91. The van der Waals surface area contributed by atoms with Crippen LogP contribution in [-0.4, -0.2) is 57.9 Å². The number of likely N-dealkylation sites (tertiary alicyclic amines) is 2. The quantitative estimate of drug-likeness (QED) is 0.713. The molecule has 0 spiro atoms. The van der Waals surface area contributed by atoms with Gasteiger partial charge in [0.25, 0.3) is 0 Å². The van der Waals surface area contributed by atoms with E-state index in [0.717, 1.165) is 0 Å². The van der Waals surface area contributed by atoms with Crippen LogP contribution < -0.4 is 0 Å². The zero-order valence-electron chi connectivity index (χ0n) is 10.6. The highest BCUT2D eigenvalue weighted by Gasteiger charge is 2.47. The SMILES string of the molecule is CCN1C(=O)CC(N2CCC(C(=O)O)C2C)C1=O. The average Bonchev–Trinajstić information content (AvgIpc) is 2.80. The Bertz CT molecular complexity index is 396. The molecule has 2 aliphatic rings. The minimum atomic E-state index is -0.825. The molecule has 6 nitrogen and oxygen atoms in total. The number of nitrogens with zero attached hydrogens (tertiary/aromatic N) is 2. The molecule has 2 rings (SSSR count). The van der Waals surface area contributed by atoms with Crippen LogP contribution in [0.15, 0.2) is 0 Å². The zero-order chi connectivity index (χ0) is 13.4. The summed E-state index contributed by atoms with van der Waals surface area (Å²) in [5.74, 6) is -1.60. The lowest BCUT2D eigenvalue weighted by Crippen LogP contribution is -2.45. The van der Waals surface area contributed by atoms with Crippen LogP contribution >= 0.6 is 0 Å². The van der Waals surface area contributed by atoms with Gasteiger partial charge in [-0.25, -0.2) is 0 Å². The Labute approximate surface area is 106 Å². The number of aliphatic carboxylic acids is 1. The van der Waals surface area contributed by atoms with Crippen LogP contribution in [0.25, 0.3) is 0 Å². The third kappa shape index (κ3) is 1.90. The minimum Gasteiger partial charge on any atom is -0.481 e. The van der Waals surface area contributed by atoms with Gasteiger partial charge in [-0.15, -0.1) is 0 Å². The van der Waals surface area contributed by atoms with Crippen molar-refractivity contribution in [1.82, 2.24) is 9.80 Å². The molecule has 0 bridgehead atoms. The van der Waals surface area contributed by atoms with Crippen LogP contribution in [0.2, 0.25) is 0 Å². The van der Waals surface area contributed by atoms with E-state index in [1.54, 1.807) is 6.92 Å². The molecular formula is C12H18N2O4. The van der Waals surface area contributed by atoms with Gasteiger partial charge in [-0.05, 0) is 20.3 Å². The van der Waals surface area contributed by atoms with Crippen LogP contribution in [-0.2, 0) is 14.4 Å². The summed E-state index contributed by atoms with van der Waals surface area (Å²) in [5, 5.41) is 9.07. The van der Waals surface area contributed by atoms with Crippen LogP contribution in [0.4, 0.5) is 0 Å². The van der Waals surface area contributed by atoms with Gasteiger partial charge in [0.15, 0.2) is 0 Å². The van der Waals surface area contributed by atoms with Crippen molar-refractivity contribution in [2.75, 3.05) is 13.1 Å². The van der Waals surface area contributed by atoms with Gasteiger partial charge in [0, 0.05) is 19.1 Å². The molecule has 2 fully saturated rings. The standard InChI is InChI=1S/C12H18N2O4/c1-3-13-10(15)6-9(11(13)16)14-5-4-8(7(14)2)12(17)18/h7-9H,3-6H2,1-2H3,(H,17,18). The van der Waals surface area contributed by atoms with Gasteiger partial charge in [0.1, 0.15) is 0 Å². The number of carbonyl (C=O) groups excluding carboxylic acids is 2. The number of amides is 2. The molecule has 100 valence electrons. The smallest absolute Gasteiger partial charge is 0.308 e. The molecule has 0 aromatic carbocycles. The molecule has 2 aliphatic heterocycles. The molecule has 18 heavy (non-hydrogen) atoms. The molecule has 0 aromatic heterocycles. The fourth-order valence-corrected chi connectivity index (χ4v) is 2.99. The molecule has 3 unspecified atom stereocenters. The Balaban J connectivity index is 2.12. The maximum atomic E-state index is 12.1. The van der Waals surface area contributed by atoms with Crippen molar-refractivity contribution in [3.05, 3.63) is 0 Å². The first kappa shape index (κ1) is 13.0. The monoisotopic (exact) mass is 254 g/mol. The Morgan fingerprint density at radius 1 is 1.44 bits per heavy atom. The number of carbonyl (C=O) groups is 3. The summed E-state index contributed by atoms with van der Waals surface area (Å²) in [6, 6.07) is -0.655. The summed E-state index contributed by atoms with van der Waals surface area (Å²) in [6.07, 6.45) is 0.726. The van der Waals surface area contributed by atoms with E-state index in [2.05, 4.69) is 0 Å². The Hall–Kier alpha value is -1.43. The summed E-state index contributed by atoms with van der Waals surface area (Å²) < 4.78 is 0. The Kier molecular flexibility index (Phi) is 3.38. The normalized spacial score (nSPS) is 33.4. The van der Waals surface area contributed by atoms with E-state index in [1.165, 1.54) is 4.90 Å². The average molecular weight is 254 g/mol. The van der Waals surface area contributed by atoms with Crippen molar-refractivity contribution in [3.63, 3.8) is 0 Å². The summed E-state index contributed by atoms with van der Waals surface area (Å²) in [6.45, 7) is 4.54. The highest BCUT2D eigenvalue weighted by Crippen LogP contribution is 2.30. The number of hydrogen-bond acceptors (Lipinski definition) is 4. The van der Waals surface area contributed by atoms with Gasteiger partial charge in [0.05, 0.1) is 18.4 Å². The highest BCUT2D eigenvalue weighted by molar-refractivity contribution is 6.05. The van der Waals surface area contributed by atoms with Crippen LogP contribution in [0.3, 0.4) is 0 Å². The molecule has 0 radical (unpaired) electrons. The number of carboxylic acid groups (broad SMARTS) is 1. The molecule has 6 heteroatoms. The predicted molar refractivity (Wildman–Crippen MR) is 62.7 cm³/mol. The van der Waals surface area contributed by atoms with Crippen LogP contribution in [0.5, 0.6) is 0 Å². The summed E-state index contributed by atoms with van der Waals surface area (Å²) in [5.41, 5.74) is 0. The van der Waals surface area contributed by atoms with Gasteiger partial charge in [0.2, 0.25) is 11.8 Å². The maximum absolute atomic E-state index is 12.1. The second kappa shape index (κ2) is 4.68. The lowest BCUT2D eigenvalue weighted by molar-refractivity contribution is -0.144. The predicted octanol–water partition coefficient (Wildman–Crippen LogP) is -0.0712. The molecule has 3 atom stereocenters. The first-order valence-electron chi connectivity index (χ1n) is 6.30. The van der Waals surface area contributed by atoms with E-state index in [9.17, 15) is 14.4 Å². The molecule has 0 saturated carbocycles. The summed E-state index contributed by atoms with van der Waals surface area (Å²) in [7, 11) is 0.